The number of rotatable bonds is 5. The number of aryl methyl sites for hydroxylation is 2. The van der Waals surface area contributed by atoms with Crippen LogP contribution in [0, 0.1) is 13.8 Å². The Balaban J connectivity index is 2.05. The first kappa shape index (κ1) is 14.3. The van der Waals surface area contributed by atoms with Crippen LogP contribution in [0.15, 0.2) is 28.7 Å². The Morgan fingerprint density at radius 1 is 1.35 bits per heavy atom. The van der Waals surface area contributed by atoms with Gasteiger partial charge in [0.05, 0.1) is 12.2 Å². The van der Waals surface area contributed by atoms with Crippen molar-refractivity contribution in [1.82, 2.24) is 10.3 Å². The summed E-state index contributed by atoms with van der Waals surface area (Å²) in [5.74, 6) is 1.16. The van der Waals surface area contributed by atoms with Crippen LogP contribution in [0.3, 0.4) is 0 Å². The lowest BCUT2D eigenvalue weighted by Gasteiger charge is -2.08. The third-order valence-corrected chi connectivity index (χ3v) is 3.15. The van der Waals surface area contributed by atoms with Crippen LogP contribution in [0.4, 0.5) is 0 Å². The van der Waals surface area contributed by atoms with Crippen molar-refractivity contribution in [2.75, 3.05) is 6.54 Å². The third kappa shape index (κ3) is 3.24. The Hall–Kier alpha value is -2.14. The van der Waals surface area contributed by atoms with Crippen molar-refractivity contribution in [2.45, 2.75) is 26.8 Å². The van der Waals surface area contributed by atoms with Gasteiger partial charge in [-0.15, -0.1) is 0 Å². The Labute approximate surface area is 118 Å². The highest BCUT2D eigenvalue weighted by Crippen LogP contribution is 2.11. The molecule has 0 atom stereocenters. The maximum Gasteiger partial charge on any atom is 0.251 e. The zero-order valence-corrected chi connectivity index (χ0v) is 11.8. The van der Waals surface area contributed by atoms with Crippen LogP contribution in [-0.2, 0) is 13.0 Å². The Kier molecular flexibility index (Phi) is 4.53. The van der Waals surface area contributed by atoms with Crippen LogP contribution in [0.25, 0.3) is 0 Å². The molecule has 0 bridgehead atoms. The van der Waals surface area contributed by atoms with Gasteiger partial charge in [0.25, 0.3) is 5.91 Å². The molecule has 0 aliphatic rings. The number of oxazole rings is 1. The summed E-state index contributed by atoms with van der Waals surface area (Å²) in [6.07, 6.45) is 0.681. The fourth-order valence-electron chi connectivity index (χ4n) is 1.98. The average molecular weight is 273 g/mol. The van der Waals surface area contributed by atoms with Gasteiger partial charge in [0.15, 0.2) is 0 Å². The lowest BCUT2D eigenvalue weighted by atomic mass is 10.0. The fourth-order valence-corrected chi connectivity index (χ4v) is 1.98. The van der Waals surface area contributed by atoms with Gasteiger partial charge < -0.3 is 15.5 Å². The molecule has 2 rings (SSSR count). The summed E-state index contributed by atoms with van der Waals surface area (Å²) in [4.78, 5) is 16.4. The van der Waals surface area contributed by atoms with Crippen molar-refractivity contribution >= 4 is 5.91 Å². The lowest BCUT2D eigenvalue weighted by molar-refractivity contribution is 0.0946. The van der Waals surface area contributed by atoms with Gasteiger partial charge in [-0.25, -0.2) is 4.98 Å². The van der Waals surface area contributed by atoms with Crippen molar-refractivity contribution in [2.24, 2.45) is 5.73 Å². The lowest BCUT2D eigenvalue weighted by Crippen LogP contribution is -2.24. The smallest absolute Gasteiger partial charge is 0.251 e. The molecule has 1 aromatic heterocycles. The quantitative estimate of drug-likeness (QED) is 0.869. The van der Waals surface area contributed by atoms with Crippen LogP contribution in [-0.4, -0.2) is 17.4 Å². The van der Waals surface area contributed by atoms with Gasteiger partial charge in [-0.1, -0.05) is 18.2 Å². The molecule has 106 valence electrons. The minimum atomic E-state index is -0.137. The summed E-state index contributed by atoms with van der Waals surface area (Å²) < 4.78 is 5.43. The van der Waals surface area contributed by atoms with E-state index in [0.717, 1.165) is 17.0 Å². The largest absolute Gasteiger partial charge is 0.444 e. The zero-order chi connectivity index (χ0) is 14.5. The molecule has 1 aromatic carbocycles. The minimum Gasteiger partial charge on any atom is -0.444 e. The van der Waals surface area contributed by atoms with Gasteiger partial charge in [0.1, 0.15) is 5.76 Å². The Bertz CT molecular complexity index is 585. The van der Waals surface area contributed by atoms with Crippen molar-refractivity contribution in [3.8, 4) is 0 Å². The van der Waals surface area contributed by atoms with Gasteiger partial charge in [0, 0.05) is 5.56 Å². The van der Waals surface area contributed by atoms with E-state index in [1.165, 1.54) is 0 Å². The highest BCUT2D eigenvalue weighted by atomic mass is 16.4. The fraction of sp³-hybridized carbons (Fsp3) is 0.333. The predicted octanol–water partition coefficient (Wildman–Crippen LogP) is 1.72. The summed E-state index contributed by atoms with van der Waals surface area (Å²) >= 11 is 0. The molecule has 5 heteroatoms. The molecular formula is C15H19N3O2. The van der Waals surface area contributed by atoms with E-state index in [4.69, 9.17) is 10.2 Å². The number of hydrogen-bond donors (Lipinski definition) is 2. The molecule has 0 radical (unpaired) electrons. The summed E-state index contributed by atoms with van der Waals surface area (Å²) in [6, 6.07) is 7.46. The molecule has 1 amide bonds. The summed E-state index contributed by atoms with van der Waals surface area (Å²) in [6.45, 7) is 4.53. The molecule has 0 aliphatic heterocycles. The van der Waals surface area contributed by atoms with E-state index < -0.39 is 0 Å². The minimum absolute atomic E-state index is 0.137. The first-order chi connectivity index (χ1) is 9.61. The molecule has 2 aromatic rings. The third-order valence-electron chi connectivity index (χ3n) is 3.15. The molecule has 0 unspecified atom stereocenters. The van der Waals surface area contributed by atoms with E-state index in [0.29, 0.717) is 24.4 Å². The standard InChI is InChI=1S/C15H19N3O2/c1-10-11(2)20-14(18-10)9-17-15(19)13-6-4-3-5-12(13)7-8-16/h3-6H,7-9,16H2,1-2H3,(H,17,19). The summed E-state index contributed by atoms with van der Waals surface area (Å²) in [7, 11) is 0. The van der Waals surface area contributed by atoms with Gasteiger partial charge in [-0.3, -0.25) is 4.79 Å². The van der Waals surface area contributed by atoms with Crippen LogP contribution in [0.2, 0.25) is 0 Å². The van der Waals surface area contributed by atoms with E-state index in [9.17, 15) is 4.79 Å². The van der Waals surface area contributed by atoms with E-state index in [1.54, 1.807) is 6.07 Å². The van der Waals surface area contributed by atoms with Crippen LogP contribution >= 0.6 is 0 Å². The predicted molar refractivity (Wildman–Crippen MR) is 76.3 cm³/mol. The van der Waals surface area contributed by atoms with Crippen molar-refractivity contribution in [1.29, 1.82) is 0 Å². The molecule has 5 nitrogen and oxygen atoms in total. The number of nitrogens with zero attached hydrogens (tertiary/aromatic N) is 1. The highest BCUT2D eigenvalue weighted by molar-refractivity contribution is 5.95. The maximum atomic E-state index is 12.2. The molecule has 3 N–H and O–H groups in total. The topological polar surface area (TPSA) is 81.2 Å². The van der Waals surface area contributed by atoms with Crippen molar-refractivity contribution in [3.63, 3.8) is 0 Å². The molecular weight excluding hydrogens is 254 g/mol. The van der Waals surface area contributed by atoms with Gasteiger partial charge >= 0.3 is 0 Å². The number of aromatic nitrogens is 1. The maximum absolute atomic E-state index is 12.2. The molecule has 0 saturated heterocycles. The zero-order valence-electron chi connectivity index (χ0n) is 11.8. The van der Waals surface area contributed by atoms with Crippen molar-refractivity contribution < 1.29 is 9.21 Å². The number of nitrogens with two attached hydrogens (primary N) is 1. The Morgan fingerprint density at radius 3 is 2.75 bits per heavy atom. The number of carbonyl (C=O) groups excluding carboxylic acids is 1. The van der Waals surface area contributed by atoms with E-state index in [-0.39, 0.29) is 12.5 Å². The first-order valence-electron chi connectivity index (χ1n) is 6.61. The van der Waals surface area contributed by atoms with E-state index in [2.05, 4.69) is 10.3 Å². The summed E-state index contributed by atoms with van der Waals surface area (Å²) in [5, 5.41) is 2.82. The number of hydrogen-bond acceptors (Lipinski definition) is 4. The second kappa shape index (κ2) is 6.34. The second-order valence-corrected chi connectivity index (χ2v) is 4.63. The van der Waals surface area contributed by atoms with Crippen LogP contribution in [0.5, 0.6) is 0 Å². The number of nitrogens with one attached hydrogen (secondary N) is 1. The van der Waals surface area contributed by atoms with Crippen LogP contribution < -0.4 is 11.1 Å². The molecule has 0 aliphatic carbocycles. The van der Waals surface area contributed by atoms with Crippen molar-refractivity contribution in [3.05, 3.63) is 52.7 Å². The Morgan fingerprint density at radius 2 is 2.10 bits per heavy atom. The highest BCUT2D eigenvalue weighted by Gasteiger charge is 2.12. The number of benzene rings is 1. The molecule has 0 saturated carbocycles. The first-order valence-corrected chi connectivity index (χ1v) is 6.61. The monoisotopic (exact) mass is 273 g/mol. The van der Waals surface area contributed by atoms with Crippen LogP contribution in [0.1, 0.15) is 33.3 Å². The summed E-state index contributed by atoms with van der Waals surface area (Å²) in [5.41, 5.74) is 8.00. The second-order valence-electron chi connectivity index (χ2n) is 4.63. The van der Waals surface area contributed by atoms with E-state index in [1.807, 2.05) is 32.0 Å². The van der Waals surface area contributed by atoms with Gasteiger partial charge in [-0.05, 0) is 38.4 Å². The average Bonchev–Trinajstić information content (AvgIpc) is 2.76. The van der Waals surface area contributed by atoms with E-state index >= 15 is 0 Å². The number of amides is 1. The molecule has 1 heterocycles. The van der Waals surface area contributed by atoms with Gasteiger partial charge in [0.2, 0.25) is 5.89 Å². The SMILES string of the molecule is Cc1nc(CNC(=O)c2ccccc2CCN)oc1C. The normalized spacial score (nSPS) is 10.6. The number of carbonyl (C=O) groups is 1. The molecule has 20 heavy (non-hydrogen) atoms. The van der Waals surface area contributed by atoms with Gasteiger partial charge in [-0.2, -0.15) is 0 Å². The molecule has 0 fully saturated rings. The molecule has 0 spiro atoms.